The van der Waals surface area contributed by atoms with E-state index in [-0.39, 0.29) is 11.9 Å². The summed E-state index contributed by atoms with van der Waals surface area (Å²) in [6.07, 6.45) is 1.07. The molecule has 1 aliphatic heterocycles. The fourth-order valence-corrected chi connectivity index (χ4v) is 2.44. The molecule has 0 spiro atoms. The second-order valence-electron chi connectivity index (χ2n) is 5.03. The Morgan fingerprint density at radius 3 is 2.84 bits per heavy atom. The van der Waals surface area contributed by atoms with Crippen molar-refractivity contribution in [3.63, 3.8) is 0 Å². The van der Waals surface area contributed by atoms with Crippen molar-refractivity contribution in [1.82, 2.24) is 0 Å². The smallest absolute Gasteiger partial charge is 0.316 e. The van der Waals surface area contributed by atoms with Gasteiger partial charge >= 0.3 is 5.97 Å². The maximum absolute atomic E-state index is 11.8. The minimum atomic E-state index is -0.530. The lowest BCUT2D eigenvalue weighted by Crippen LogP contribution is -2.34. The second kappa shape index (κ2) is 3.98. The Kier molecular flexibility index (Phi) is 2.52. The van der Waals surface area contributed by atoms with Crippen LogP contribution in [0.5, 0.6) is 5.75 Å². The summed E-state index contributed by atoms with van der Waals surface area (Å²) in [5.74, 6) is 0.243. The van der Waals surface area contributed by atoms with E-state index < -0.39 is 11.5 Å². The van der Waals surface area contributed by atoms with E-state index in [4.69, 9.17) is 9.47 Å². The predicted molar refractivity (Wildman–Crippen MR) is 68.1 cm³/mol. The number of methoxy groups -OCH3 is 1. The van der Waals surface area contributed by atoms with E-state index >= 15 is 0 Å². The summed E-state index contributed by atoms with van der Waals surface area (Å²) < 4.78 is 10.3. The first-order valence-corrected chi connectivity index (χ1v) is 6.27. The van der Waals surface area contributed by atoms with Gasteiger partial charge in [0.15, 0.2) is 6.10 Å². The van der Waals surface area contributed by atoms with Crippen molar-refractivity contribution in [2.75, 3.05) is 12.4 Å². The van der Waals surface area contributed by atoms with Crippen molar-refractivity contribution in [2.45, 2.75) is 31.3 Å². The van der Waals surface area contributed by atoms with Crippen LogP contribution < -0.4 is 10.1 Å². The Bertz CT molecular complexity index is 563. The van der Waals surface area contributed by atoms with Gasteiger partial charge in [0.25, 0.3) is 5.91 Å². The lowest BCUT2D eigenvalue weighted by atomic mass is 9.95. The Balaban J connectivity index is 1.97. The zero-order valence-electron chi connectivity index (χ0n) is 10.9. The molecule has 1 amide bonds. The highest BCUT2D eigenvalue weighted by Gasteiger charge is 2.52. The van der Waals surface area contributed by atoms with E-state index in [2.05, 4.69) is 5.32 Å². The van der Waals surface area contributed by atoms with Crippen LogP contribution in [-0.2, 0) is 19.7 Å². The lowest BCUT2D eigenvalue weighted by molar-refractivity contribution is -0.143. The van der Waals surface area contributed by atoms with Gasteiger partial charge in [-0.1, -0.05) is 6.07 Å². The van der Waals surface area contributed by atoms with Crippen molar-refractivity contribution in [3.05, 3.63) is 23.8 Å². The van der Waals surface area contributed by atoms with Crippen molar-refractivity contribution in [2.24, 2.45) is 0 Å². The van der Waals surface area contributed by atoms with Crippen LogP contribution in [0.4, 0.5) is 5.69 Å². The largest absolute Gasteiger partial charge is 0.479 e. The van der Waals surface area contributed by atoms with E-state index in [0.717, 1.165) is 18.4 Å². The minimum Gasteiger partial charge on any atom is -0.479 e. The molecule has 1 fully saturated rings. The number of hydrogen-bond donors (Lipinski definition) is 1. The molecule has 2 aliphatic rings. The first kappa shape index (κ1) is 12.0. The van der Waals surface area contributed by atoms with Gasteiger partial charge in [0.2, 0.25) is 0 Å². The summed E-state index contributed by atoms with van der Waals surface area (Å²) >= 11 is 0. The number of carbonyl (C=O) groups is 2. The van der Waals surface area contributed by atoms with Crippen molar-refractivity contribution in [1.29, 1.82) is 0 Å². The van der Waals surface area contributed by atoms with E-state index in [1.807, 2.05) is 12.1 Å². The molecule has 1 aromatic rings. The summed E-state index contributed by atoms with van der Waals surface area (Å²) in [6.45, 7) is 1.70. The number of rotatable bonds is 2. The van der Waals surface area contributed by atoms with Gasteiger partial charge in [0, 0.05) is 0 Å². The normalized spacial score (nSPS) is 22.8. The Hall–Kier alpha value is -2.04. The number of nitrogens with one attached hydrogen (secondary N) is 1. The average Bonchev–Trinajstić information content (AvgIpc) is 3.20. The molecule has 5 heteroatoms. The standard InChI is InChI=1S/C14H15NO4/c1-8-12(16)15-10-7-9(3-4-11(10)19-8)14(5-6-14)13(17)18-2/h3-4,7-8H,5-6H2,1-2H3,(H,15,16). The Labute approximate surface area is 110 Å². The first-order valence-electron chi connectivity index (χ1n) is 6.27. The molecule has 5 nitrogen and oxygen atoms in total. The van der Waals surface area contributed by atoms with E-state index in [0.29, 0.717) is 11.4 Å². The molecule has 1 unspecified atom stereocenters. The summed E-state index contributed by atoms with van der Waals surface area (Å²) in [7, 11) is 1.40. The molecule has 0 aromatic heterocycles. The number of anilines is 1. The molecule has 1 atom stereocenters. The van der Waals surface area contributed by atoms with E-state index in [1.165, 1.54) is 7.11 Å². The van der Waals surface area contributed by atoms with Gasteiger partial charge in [-0.3, -0.25) is 9.59 Å². The molecule has 19 heavy (non-hydrogen) atoms. The van der Waals surface area contributed by atoms with Gasteiger partial charge in [-0.25, -0.2) is 0 Å². The molecule has 1 aliphatic carbocycles. The van der Waals surface area contributed by atoms with Gasteiger partial charge < -0.3 is 14.8 Å². The molecular formula is C14H15NO4. The van der Waals surface area contributed by atoms with Crippen LogP contribution in [0.1, 0.15) is 25.3 Å². The Morgan fingerprint density at radius 2 is 2.21 bits per heavy atom. The Morgan fingerprint density at radius 1 is 1.47 bits per heavy atom. The number of carbonyl (C=O) groups excluding carboxylic acids is 2. The summed E-state index contributed by atoms with van der Waals surface area (Å²) in [5, 5.41) is 2.79. The van der Waals surface area contributed by atoms with Crippen LogP contribution in [0.2, 0.25) is 0 Å². The number of amides is 1. The average molecular weight is 261 g/mol. The third kappa shape index (κ3) is 1.77. The highest BCUT2D eigenvalue weighted by molar-refractivity contribution is 5.98. The van der Waals surface area contributed by atoms with E-state index in [1.54, 1.807) is 13.0 Å². The van der Waals surface area contributed by atoms with Crippen molar-refractivity contribution < 1.29 is 19.1 Å². The maximum atomic E-state index is 11.8. The topological polar surface area (TPSA) is 64.6 Å². The second-order valence-corrected chi connectivity index (χ2v) is 5.03. The molecule has 1 saturated carbocycles. The van der Waals surface area contributed by atoms with Gasteiger partial charge in [-0.15, -0.1) is 0 Å². The zero-order valence-corrected chi connectivity index (χ0v) is 10.9. The number of ether oxygens (including phenoxy) is 2. The predicted octanol–water partition coefficient (Wildman–Crippen LogP) is 1.61. The highest BCUT2D eigenvalue weighted by atomic mass is 16.5. The monoisotopic (exact) mass is 261 g/mol. The fraction of sp³-hybridized carbons (Fsp3) is 0.429. The molecule has 0 bridgehead atoms. The SMILES string of the molecule is COC(=O)C1(c2ccc3c(c2)NC(=O)C(C)O3)CC1. The van der Waals surface area contributed by atoms with Crippen LogP contribution in [0.25, 0.3) is 0 Å². The molecule has 1 heterocycles. The van der Waals surface area contributed by atoms with Crippen LogP contribution >= 0.6 is 0 Å². The number of esters is 1. The summed E-state index contributed by atoms with van der Waals surface area (Å²) in [6, 6.07) is 5.47. The molecule has 1 N–H and O–H groups in total. The quantitative estimate of drug-likeness (QED) is 0.821. The number of fused-ring (bicyclic) bond motifs is 1. The van der Waals surface area contributed by atoms with Crippen LogP contribution in [0, 0.1) is 0 Å². The van der Waals surface area contributed by atoms with Crippen LogP contribution in [-0.4, -0.2) is 25.1 Å². The van der Waals surface area contributed by atoms with Crippen molar-refractivity contribution in [3.8, 4) is 5.75 Å². The third-order valence-electron chi connectivity index (χ3n) is 3.79. The number of hydrogen-bond acceptors (Lipinski definition) is 4. The molecular weight excluding hydrogens is 246 g/mol. The molecule has 1 aromatic carbocycles. The van der Waals surface area contributed by atoms with Crippen LogP contribution in [0.15, 0.2) is 18.2 Å². The number of benzene rings is 1. The minimum absolute atomic E-state index is 0.174. The molecule has 100 valence electrons. The molecule has 0 saturated heterocycles. The third-order valence-corrected chi connectivity index (χ3v) is 3.79. The highest BCUT2D eigenvalue weighted by Crippen LogP contribution is 2.50. The van der Waals surface area contributed by atoms with Gasteiger partial charge in [0.1, 0.15) is 5.75 Å². The summed E-state index contributed by atoms with van der Waals surface area (Å²) in [5.41, 5.74) is 0.963. The maximum Gasteiger partial charge on any atom is 0.316 e. The molecule has 3 rings (SSSR count). The lowest BCUT2D eigenvalue weighted by Gasteiger charge is -2.24. The van der Waals surface area contributed by atoms with Gasteiger partial charge in [0.05, 0.1) is 18.2 Å². The fourth-order valence-electron chi connectivity index (χ4n) is 2.44. The van der Waals surface area contributed by atoms with Gasteiger partial charge in [-0.2, -0.15) is 0 Å². The van der Waals surface area contributed by atoms with Gasteiger partial charge in [-0.05, 0) is 37.5 Å². The van der Waals surface area contributed by atoms with Crippen LogP contribution in [0.3, 0.4) is 0 Å². The molecule has 0 radical (unpaired) electrons. The van der Waals surface area contributed by atoms with E-state index in [9.17, 15) is 9.59 Å². The summed E-state index contributed by atoms with van der Waals surface area (Å²) in [4.78, 5) is 23.4. The van der Waals surface area contributed by atoms with Crippen molar-refractivity contribution >= 4 is 17.6 Å². The zero-order chi connectivity index (χ0) is 13.6. The first-order chi connectivity index (χ1) is 9.06.